The fourth-order valence-corrected chi connectivity index (χ4v) is 9.46. The van der Waals surface area contributed by atoms with E-state index in [1.165, 1.54) is 44.5 Å². The topological polar surface area (TPSA) is 33.5 Å². The zero-order valence-corrected chi connectivity index (χ0v) is 41.5. The van der Waals surface area contributed by atoms with Crippen LogP contribution >= 0.6 is 0 Å². The van der Waals surface area contributed by atoms with Crippen LogP contribution in [0.25, 0.3) is 49.9 Å². The third kappa shape index (κ3) is 8.58. The molecule has 334 valence electrons. The van der Waals surface area contributed by atoms with Crippen LogP contribution in [0.1, 0.15) is 74.9 Å². The van der Waals surface area contributed by atoms with Gasteiger partial charge in [0.05, 0.1) is 0 Å². The largest absolute Gasteiger partial charge is 0.509 e. The Morgan fingerprint density at radius 3 is 2.08 bits per heavy atom. The second-order valence-corrected chi connectivity index (χ2v) is 19.7. The fourth-order valence-electron chi connectivity index (χ4n) is 9.46. The van der Waals surface area contributed by atoms with Gasteiger partial charge in [-0.25, -0.2) is 4.98 Å². The van der Waals surface area contributed by atoms with Gasteiger partial charge in [0, 0.05) is 62.2 Å². The van der Waals surface area contributed by atoms with Crippen LogP contribution < -0.4 is 14.5 Å². The molecule has 1 aliphatic heterocycles. The summed E-state index contributed by atoms with van der Waals surface area (Å²) in [4.78, 5) is 9.60. The number of aryl methyl sites for hydroxylation is 3. The molecule has 10 rings (SSSR count). The van der Waals surface area contributed by atoms with Gasteiger partial charge in [-0.05, 0) is 117 Å². The van der Waals surface area contributed by atoms with Gasteiger partial charge in [0.15, 0.2) is 0 Å². The standard InChI is InChI=1S/C60H55N4O.Pt/c1-39-29-40(2)58(41(3)30-39)45-27-28-61-57(33-45)64-53-25-21-44(43-16-11-10-12-17-43)32-52(53)51-24-23-50(36-55(51)64)65-49-20-14-19-48(35-49)63-38-62(37-42-15-13-18-46(31-42)59(4,5)6)54-26-22-47(34-56(54)63)60(7,8)9;/h10-34,38H,37H2,1-9H3;/q-3;. The van der Waals surface area contributed by atoms with Crippen LogP contribution in [0.5, 0.6) is 11.5 Å². The predicted molar refractivity (Wildman–Crippen MR) is 271 cm³/mol. The van der Waals surface area contributed by atoms with E-state index in [1.54, 1.807) is 0 Å². The Morgan fingerprint density at radius 2 is 1.32 bits per heavy atom. The van der Waals surface area contributed by atoms with Gasteiger partial charge in [0.1, 0.15) is 5.82 Å². The zero-order valence-electron chi connectivity index (χ0n) is 39.2. The maximum Gasteiger partial charge on any atom is 0.136 e. The molecule has 9 aromatic rings. The number of fused-ring (bicyclic) bond motifs is 4. The minimum absolute atomic E-state index is 0. The van der Waals surface area contributed by atoms with Gasteiger partial charge in [-0.3, -0.25) is 0 Å². The van der Waals surface area contributed by atoms with E-state index in [0.717, 1.165) is 62.4 Å². The predicted octanol–water partition coefficient (Wildman–Crippen LogP) is 15.7. The number of pyridine rings is 1. The molecule has 66 heavy (non-hydrogen) atoms. The third-order valence-electron chi connectivity index (χ3n) is 12.7. The summed E-state index contributed by atoms with van der Waals surface area (Å²) in [5.41, 5.74) is 17.5. The average molecular weight is 1040 g/mol. The Balaban J connectivity index is 0.00000548. The molecule has 0 fully saturated rings. The minimum atomic E-state index is -0.0146. The number of nitrogens with zero attached hydrogens (tertiary/aromatic N) is 4. The van der Waals surface area contributed by atoms with Crippen molar-refractivity contribution < 1.29 is 25.8 Å². The average Bonchev–Trinajstić information content (AvgIpc) is 3.80. The maximum atomic E-state index is 6.74. The third-order valence-corrected chi connectivity index (χ3v) is 12.7. The summed E-state index contributed by atoms with van der Waals surface area (Å²) in [5.74, 6) is 2.03. The van der Waals surface area contributed by atoms with Crippen molar-refractivity contribution in [1.82, 2.24) is 9.55 Å². The fraction of sp³-hybridized carbons (Fsp3) is 0.200. The van der Waals surface area contributed by atoms with E-state index >= 15 is 0 Å². The van der Waals surface area contributed by atoms with Gasteiger partial charge in [0.25, 0.3) is 0 Å². The molecule has 0 atom stereocenters. The molecule has 0 aliphatic carbocycles. The molecule has 5 nitrogen and oxygen atoms in total. The molecule has 0 bridgehead atoms. The summed E-state index contributed by atoms with van der Waals surface area (Å²) in [6.07, 6.45) is 1.92. The van der Waals surface area contributed by atoms with Crippen LogP contribution in [0, 0.1) is 39.6 Å². The molecular weight excluding hydrogens is 988 g/mol. The smallest absolute Gasteiger partial charge is 0.136 e. The summed E-state index contributed by atoms with van der Waals surface area (Å²) in [6.45, 7) is 23.1. The van der Waals surface area contributed by atoms with Crippen LogP contribution in [0.4, 0.5) is 17.1 Å². The molecular formula is C60H55N4OPt-3. The summed E-state index contributed by atoms with van der Waals surface area (Å²) in [7, 11) is 0. The van der Waals surface area contributed by atoms with Crippen LogP contribution in [0.2, 0.25) is 0 Å². The summed E-state index contributed by atoms with van der Waals surface area (Å²) >= 11 is 0. The number of anilines is 3. The number of ether oxygens (including phenoxy) is 1. The van der Waals surface area contributed by atoms with Crippen molar-refractivity contribution in [3.63, 3.8) is 0 Å². The Kier molecular flexibility index (Phi) is 11.8. The molecule has 2 aromatic heterocycles. The Labute approximate surface area is 405 Å². The summed E-state index contributed by atoms with van der Waals surface area (Å²) in [5, 5.41) is 2.20. The van der Waals surface area contributed by atoms with Crippen molar-refractivity contribution in [3.05, 3.63) is 204 Å². The van der Waals surface area contributed by atoms with E-state index in [1.807, 2.05) is 24.4 Å². The quantitative estimate of drug-likeness (QED) is 0.142. The molecule has 0 amide bonds. The number of hydrogen-bond donors (Lipinski definition) is 0. The van der Waals surface area contributed by atoms with Crippen LogP contribution in [-0.4, -0.2) is 9.55 Å². The number of hydrogen-bond acceptors (Lipinski definition) is 4. The van der Waals surface area contributed by atoms with Gasteiger partial charge in [-0.2, -0.15) is 18.8 Å². The molecule has 0 N–H and O–H groups in total. The van der Waals surface area contributed by atoms with Crippen molar-refractivity contribution in [3.8, 4) is 39.6 Å². The molecule has 3 heterocycles. The van der Waals surface area contributed by atoms with E-state index < -0.39 is 0 Å². The first-order valence-electron chi connectivity index (χ1n) is 22.6. The Hall–Kier alpha value is -6.42. The molecule has 7 aromatic carbocycles. The molecule has 0 saturated carbocycles. The first kappa shape index (κ1) is 44.8. The molecule has 0 spiro atoms. The van der Waals surface area contributed by atoms with E-state index in [-0.39, 0.29) is 31.9 Å². The number of rotatable bonds is 8. The molecule has 0 saturated heterocycles. The first-order chi connectivity index (χ1) is 31.2. The molecule has 0 unspecified atom stereocenters. The first-order valence-corrected chi connectivity index (χ1v) is 22.6. The second kappa shape index (κ2) is 17.4. The molecule has 0 radical (unpaired) electrons. The van der Waals surface area contributed by atoms with Gasteiger partial charge in [0.2, 0.25) is 0 Å². The van der Waals surface area contributed by atoms with Crippen LogP contribution in [-0.2, 0) is 38.4 Å². The Morgan fingerprint density at radius 1 is 0.591 bits per heavy atom. The van der Waals surface area contributed by atoms with Crippen LogP contribution in [0.3, 0.4) is 0 Å². The minimum Gasteiger partial charge on any atom is -0.509 e. The van der Waals surface area contributed by atoms with E-state index in [2.05, 4.69) is 223 Å². The normalized spacial score (nSPS) is 12.7. The van der Waals surface area contributed by atoms with Crippen LogP contribution in [0.15, 0.2) is 152 Å². The van der Waals surface area contributed by atoms with Gasteiger partial charge in [-0.15, -0.1) is 41.4 Å². The van der Waals surface area contributed by atoms with E-state index in [4.69, 9.17) is 9.72 Å². The van der Waals surface area contributed by atoms with Crippen molar-refractivity contribution in [2.24, 2.45) is 0 Å². The summed E-state index contributed by atoms with van der Waals surface area (Å²) in [6, 6.07) is 59.5. The van der Waals surface area contributed by atoms with Crippen molar-refractivity contribution in [2.45, 2.75) is 79.7 Å². The SMILES string of the molecule is Cc1cc(C)c(-c2ccnc(-n3c4[c-]c(Oc5[c-]c(N6[CH-]N(Cc7cccc(C(C)(C)C)c7)c7ccc(C(C)(C)C)cc76)ccc5)ccc4c4cc(-c5ccccc5)ccc43)c2)c(C)c1.[Pt]. The second-order valence-electron chi connectivity index (χ2n) is 19.7. The number of aromatic nitrogens is 2. The monoisotopic (exact) mass is 1040 g/mol. The Bertz CT molecular complexity index is 3240. The van der Waals surface area contributed by atoms with E-state index in [0.29, 0.717) is 11.5 Å². The van der Waals surface area contributed by atoms with Gasteiger partial charge < -0.3 is 19.1 Å². The number of benzene rings is 7. The van der Waals surface area contributed by atoms with Crippen molar-refractivity contribution >= 4 is 38.9 Å². The summed E-state index contributed by atoms with van der Waals surface area (Å²) < 4.78 is 8.96. The van der Waals surface area contributed by atoms with Crippen molar-refractivity contribution in [2.75, 3.05) is 9.80 Å². The van der Waals surface area contributed by atoms with Crippen molar-refractivity contribution in [1.29, 1.82) is 0 Å². The molecule has 1 aliphatic rings. The van der Waals surface area contributed by atoms with Gasteiger partial charge >= 0.3 is 0 Å². The van der Waals surface area contributed by atoms with Gasteiger partial charge in [-0.1, -0.05) is 138 Å². The van der Waals surface area contributed by atoms with E-state index in [9.17, 15) is 0 Å². The zero-order chi connectivity index (χ0) is 45.2. The molecule has 6 heteroatoms. The maximum absolute atomic E-state index is 6.74.